The number of hydrogen-bond donors (Lipinski definition) is 3. The first kappa shape index (κ1) is 20.3. The van der Waals surface area contributed by atoms with Gasteiger partial charge in [0.05, 0.1) is 16.8 Å². The average Bonchev–Trinajstić information content (AvgIpc) is 2.80. The first-order chi connectivity index (χ1) is 14.7. The van der Waals surface area contributed by atoms with Crippen molar-refractivity contribution in [2.75, 3.05) is 23.7 Å². The number of aromatic nitrogens is 3. The first-order valence-corrected chi connectivity index (χ1v) is 10.3. The summed E-state index contributed by atoms with van der Waals surface area (Å²) in [5.41, 5.74) is 2.15. The molecule has 1 aliphatic heterocycles. The highest BCUT2D eigenvalue weighted by Gasteiger charge is 2.26. The molecule has 1 aliphatic rings. The lowest BCUT2D eigenvalue weighted by Crippen LogP contribution is -2.33. The van der Waals surface area contributed by atoms with Gasteiger partial charge in [-0.15, -0.1) is 0 Å². The lowest BCUT2D eigenvalue weighted by Gasteiger charge is -2.32. The second kappa shape index (κ2) is 9.65. The molecule has 0 radical (unpaired) electrons. The van der Waals surface area contributed by atoms with Gasteiger partial charge >= 0.3 is 0 Å². The molecule has 1 amide bonds. The smallest absolute Gasteiger partial charge is 0.277 e. The quantitative estimate of drug-likeness (QED) is 0.557. The molecule has 3 aromatic rings. The number of nitrogens with zero attached hydrogens (tertiary/aromatic N) is 3. The van der Waals surface area contributed by atoms with Gasteiger partial charge in [0.15, 0.2) is 5.69 Å². The number of hydrogen-bond acceptors (Lipinski definition) is 6. The van der Waals surface area contributed by atoms with E-state index in [1.807, 2.05) is 24.3 Å². The summed E-state index contributed by atoms with van der Waals surface area (Å²) in [5, 5.41) is 10.3. The van der Waals surface area contributed by atoms with E-state index in [4.69, 9.17) is 11.6 Å². The third kappa shape index (κ3) is 4.93. The van der Waals surface area contributed by atoms with Gasteiger partial charge in [-0.2, -0.15) is 0 Å². The van der Waals surface area contributed by atoms with Crippen molar-refractivity contribution < 1.29 is 4.79 Å². The van der Waals surface area contributed by atoms with E-state index in [1.54, 1.807) is 30.7 Å². The summed E-state index contributed by atoms with van der Waals surface area (Å²) in [7, 11) is 0. The minimum atomic E-state index is -0.327. The summed E-state index contributed by atoms with van der Waals surface area (Å²) in [6.07, 6.45) is 8.81. The fourth-order valence-corrected chi connectivity index (χ4v) is 3.83. The van der Waals surface area contributed by atoms with Crippen molar-refractivity contribution in [1.29, 1.82) is 0 Å². The number of amides is 1. The maximum absolute atomic E-state index is 12.9. The molecule has 4 heterocycles. The van der Waals surface area contributed by atoms with E-state index in [0.717, 1.165) is 31.5 Å². The molecule has 7 nitrogen and oxygen atoms in total. The average molecular weight is 423 g/mol. The second-order valence-electron chi connectivity index (χ2n) is 7.21. The van der Waals surface area contributed by atoms with E-state index >= 15 is 0 Å². The maximum atomic E-state index is 12.9. The third-order valence-electron chi connectivity index (χ3n) is 5.22. The summed E-state index contributed by atoms with van der Waals surface area (Å²) < 4.78 is 0. The van der Waals surface area contributed by atoms with Crippen LogP contribution in [-0.4, -0.2) is 33.9 Å². The van der Waals surface area contributed by atoms with Crippen LogP contribution in [0.25, 0.3) is 0 Å². The number of piperidine rings is 1. The number of halogens is 1. The normalized spacial score (nSPS) is 15.4. The fraction of sp³-hybridized carbons (Fsp3) is 0.273. The van der Waals surface area contributed by atoms with Gasteiger partial charge in [-0.3, -0.25) is 9.78 Å². The third-order valence-corrected chi connectivity index (χ3v) is 5.45. The predicted molar refractivity (Wildman–Crippen MR) is 118 cm³/mol. The highest BCUT2D eigenvalue weighted by molar-refractivity contribution is 6.30. The standard InChI is InChI=1S/C22H23ClN6O/c23-17-3-4-19(27-14-17)29-22(30)21-18(2-1-9-26-21)28-20(15-5-10-24-11-6-15)16-7-12-25-13-8-16/h1-6,9-11,14,16,20,25,28H,7-8,12-13H2,(H,27,29,30). The zero-order chi connectivity index (χ0) is 20.8. The van der Waals surface area contributed by atoms with E-state index in [2.05, 4.69) is 30.9 Å². The molecule has 4 rings (SSSR count). The SMILES string of the molecule is O=C(Nc1ccc(Cl)cn1)c1ncccc1NC(c1ccncc1)C1CCNCC1. The Morgan fingerprint density at radius 3 is 2.60 bits per heavy atom. The number of carbonyl (C=O) groups is 1. The van der Waals surface area contributed by atoms with Crippen LogP contribution in [0.2, 0.25) is 5.02 Å². The summed E-state index contributed by atoms with van der Waals surface area (Å²) in [5.74, 6) is 0.527. The highest BCUT2D eigenvalue weighted by Crippen LogP contribution is 2.33. The summed E-state index contributed by atoms with van der Waals surface area (Å²) in [6.45, 7) is 1.97. The molecule has 1 saturated heterocycles. The second-order valence-corrected chi connectivity index (χ2v) is 7.64. The van der Waals surface area contributed by atoms with Crippen molar-refractivity contribution in [3.63, 3.8) is 0 Å². The molecule has 0 spiro atoms. The Kier molecular flexibility index (Phi) is 6.51. The monoisotopic (exact) mass is 422 g/mol. The van der Waals surface area contributed by atoms with Crippen molar-refractivity contribution >= 4 is 29.0 Å². The van der Waals surface area contributed by atoms with E-state index in [1.165, 1.54) is 6.20 Å². The van der Waals surface area contributed by atoms with Gasteiger partial charge in [0.25, 0.3) is 5.91 Å². The Hall–Kier alpha value is -3.03. The number of rotatable bonds is 6. The molecule has 1 unspecified atom stereocenters. The van der Waals surface area contributed by atoms with Gasteiger partial charge in [0, 0.05) is 24.8 Å². The van der Waals surface area contributed by atoms with Crippen LogP contribution in [-0.2, 0) is 0 Å². The van der Waals surface area contributed by atoms with E-state index in [0.29, 0.717) is 28.1 Å². The van der Waals surface area contributed by atoms with Crippen LogP contribution in [0.4, 0.5) is 11.5 Å². The maximum Gasteiger partial charge on any atom is 0.277 e. The van der Waals surface area contributed by atoms with Gasteiger partial charge in [-0.25, -0.2) is 9.97 Å². The lowest BCUT2D eigenvalue weighted by molar-refractivity contribution is 0.102. The number of anilines is 2. The molecule has 0 aromatic carbocycles. The molecular weight excluding hydrogens is 400 g/mol. The molecule has 154 valence electrons. The zero-order valence-corrected chi connectivity index (χ0v) is 17.1. The van der Waals surface area contributed by atoms with E-state index in [-0.39, 0.29) is 11.9 Å². The first-order valence-electron chi connectivity index (χ1n) is 9.96. The van der Waals surface area contributed by atoms with Gasteiger partial charge in [0.2, 0.25) is 0 Å². The Labute approximate surface area is 180 Å². The largest absolute Gasteiger partial charge is 0.376 e. The van der Waals surface area contributed by atoms with Gasteiger partial charge in [0.1, 0.15) is 5.82 Å². The Morgan fingerprint density at radius 2 is 1.87 bits per heavy atom. The van der Waals surface area contributed by atoms with Crippen LogP contribution >= 0.6 is 11.6 Å². The predicted octanol–water partition coefficient (Wildman–Crippen LogP) is 3.93. The molecule has 8 heteroatoms. The summed E-state index contributed by atoms with van der Waals surface area (Å²) in [6, 6.07) is 11.1. The van der Waals surface area contributed by atoms with Crippen LogP contribution in [0.1, 0.15) is 34.9 Å². The summed E-state index contributed by atoms with van der Waals surface area (Å²) >= 11 is 5.87. The van der Waals surface area contributed by atoms with Crippen LogP contribution in [0, 0.1) is 5.92 Å². The van der Waals surface area contributed by atoms with Crippen LogP contribution in [0.15, 0.2) is 61.2 Å². The highest BCUT2D eigenvalue weighted by atomic mass is 35.5. The minimum Gasteiger partial charge on any atom is -0.376 e. The van der Waals surface area contributed by atoms with Gasteiger partial charge in [-0.1, -0.05) is 11.6 Å². The molecule has 30 heavy (non-hydrogen) atoms. The number of nitrogens with one attached hydrogen (secondary N) is 3. The Morgan fingerprint density at radius 1 is 1.07 bits per heavy atom. The van der Waals surface area contributed by atoms with E-state index < -0.39 is 0 Å². The topological polar surface area (TPSA) is 91.8 Å². The molecule has 1 fully saturated rings. The molecule has 3 N–H and O–H groups in total. The van der Waals surface area contributed by atoms with E-state index in [9.17, 15) is 4.79 Å². The van der Waals surface area contributed by atoms with Crippen molar-refractivity contribution in [2.45, 2.75) is 18.9 Å². The van der Waals surface area contributed by atoms with Crippen molar-refractivity contribution in [1.82, 2.24) is 20.3 Å². The van der Waals surface area contributed by atoms with Crippen LogP contribution in [0.3, 0.4) is 0 Å². The molecular formula is C22H23ClN6O. The Balaban J connectivity index is 1.59. The minimum absolute atomic E-state index is 0.0551. The fourth-order valence-electron chi connectivity index (χ4n) is 3.72. The molecule has 0 aliphatic carbocycles. The Bertz CT molecular complexity index is 976. The van der Waals surface area contributed by atoms with Crippen LogP contribution < -0.4 is 16.0 Å². The zero-order valence-electron chi connectivity index (χ0n) is 16.4. The van der Waals surface area contributed by atoms with Crippen molar-refractivity contribution in [3.8, 4) is 0 Å². The van der Waals surface area contributed by atoms with Gasteiger partial charge < -0.3 is 16.0 Å². The summed E-state index contributed by atoms with van der Waals surface area (Å²) in [4.78, 5) is 25.5. The van der Waals surface area contributed by atoms with Crippen LogP contribution in [0.5, 0.6) is 0 Å². The number of pyridine rings is 3. The number of carbonyl (C=O) groups excluding carboxylic acids is 1. The molecule has 1 atom stereocenters. The van der Waals surface area contributed by atoms with Crippen molar-refractivity contribution in [3.05, 3.63) is 77.5 Å². The van der Waals surface area contributed by atoms with Gasteiger partial charge in [-0.05, 0) is 73.8 Å². The van der Waals surface area contributed by atoms with Crippen molar-refractivity contribution in [2.24, 2.45) is 5.92 Å². The lowest BCUT2D eigenvalue weighted by atomic mass is 9.86. The molecule has 0 saturated carbocycles. The molecule has 0 bridgehead atoms. The molecule has 3 aromatic heterocycles.